The van der Waals surface area contributed by atoms with Crippen molar-refractivity contribution in [3.63, 3.8) is 0 Å². The van der Waals surface area contributed by atoms with Crippen molar-refractivity contribution >= 4 is 17.6 Å². The third kappa shape index (κ3) is 2.52. The van der Waals surface area contributed by atoms with Gasteiger partial charge in [0.2, 0.25) is 0 Å². The zero-order valence-corrected chi connectivity index (χ0v) is 15.5. The average molecular weight is 400 g/mol. The maximum Gasteiger partial charge on any atom is 0.416 e. The van der Waals surface area contributed by atoms with Crippen molar-refractivity contribution in [1.82, 2.24) is 4.90 Å². The number of amides is 3. The number of halogens is 3. The Morgan fingerprint density at radius 3 is 2.48 bits per heavy atom. The van der Waals surface area contributed by atoms with Crippen LogP contribution in [0.25, 0.3) is 0 Å². The van der Waals surface area contributed by atoms with Gasteiger partial charge in [-0.2, -0.15) is 13.2 Å². The predicted molar refractivity (Wildman–Crippen MR) is 100 cm³/mol. The molecule has 0 aromatic heterocycles. The van der Waals surface area contributed by atoms with Gasteiger partial charge in [0.25, 0.3) is 5.91 Å². The molecule has 1 saturated carbocycles. The molecule has 2 heterocycles. The standard InChI is InChI=1S/C22H19F3N2O2/c23-22(24,25)16-7-4-8-17(12-16)26-19(28)21(13-14-5-2-1-3-6-14)15-9-10-18(11-15)27(21)20(26)29/h1-8,12,15,18H,9-11,13H2/t15-,18+,21-/m1/s1. The Kier molecular flexibility index (Phi) is 3.82. The summed E-state index contributed by atoms with van der Waals surface area (Å²) in [6.45, 7) is 0. The largest absolute Gasteiger partial charge is 0.416 e. The molecule has 2 bridgehead atoms. The first-order valence-corrected chi connectivity index (χ1v) is 9.71. The molecule has 0 N–H and O–H groups in total. The molecule has 0 radical (unpaired) electrons. The van der Waals surface area contributed by atoms with Crippen molar-refractivity contribution in [2.75, 3.05) is 4.90 Å². The van der Waals surface area contributed by atoms with Crippen molar-refractivity contribution in [1.29, 1.82) is 0 Å². The number of nitrogens with zero attached hydrogens (tertiary/aromatic N) is 2. The number of carbonyl (C=O) groups excluding carboxylic acids is 2. The van der Waals surface area contributed by atoms with Gasteiger partial charge in [0.15, 0.2) is 0 Å². The second-order valence-corrected chi connectivity index (χ2v) is 8.09. The molecule has 4 nitrogen and oxygen atoms in total. The lowest BCUT2D eigenvalue weighted by atomic mass is 9.78. The summed E-state index contributed by atoms with van der Waals surface area (Å²) in [5, 5.41) is 0. The van der Waals surface area contributed by atoms with Crippen molar-refractivity contribution in [2.24, 2.45) is 5.92 Å². The van der Waals surface area contributed by atoms with Crippen LogP contribution in [-0.4, -0.2) is 28.4 Å². The SMILES string of the molecule is O=C1N(c2cccc(C(F)(F)F)c2)C(=O)[C@@]2(Cc3ccccc3)[C@@H]3CC[C@@H](C3)N12. The first kappa shape index (κ1) is 18.2. The molecule has 1 aliphatic carbocycles. The van der Waals surface area contributed by atoms with Crippen LogP contribution in [0.3, 0.4) is 0 Å². The molecule has 29 heavy (non-hydrogen) atoms. The van der Waals surface area contributed by atoms with Gasteiger partial charge in [-0.3, -0.25) is 4.79 Å². The van der Waals surface area contributed by atoms with Gasteiger partial charge in [-0.1, -0.05) is 36.4 Å². The highest BCUT2D eigenvalue weighted by Crippen LogP contribution is 2.55. The fourth-order valence-electron chi connectivity index (χ4n) is 5.40. The van der Waals surface area contributed by atoms with Crippen LogP contribution in [0, 0.1) is 5.92 Å². The van der Waals surface area contributed by atoms with Gasteiger partial charge in [-0.05, 0) is 48.9 Å². The number of fused-ring (bicyclic) bond motifs is 5. The van der Waals surface area contributed by atoms with E-state index in [-0.39, 0.29) is 17.6 Å². The number of rotatable bonds is 3. The van der Waals surface area contributed by atoms with E-state index in [1.807, 2.05) is 30.3 Å². The molecule has 3 atom stereocenters. The fourth-order valence-corrected chi connectivity index (χ4v) is 5.40. The monoisotopic (exact) mass is 400 g/mol. The van der Waals surface area contributed by atoms with Crippen LogP contribution in [0.5, 0.6) is 0 Å². The number of imide groups is 1. The number of carbonyl (C=O) groups is 2. The van der Waals surface area contributed by atoms with Crippen LogP contribution in [-0.2, 0) is 17.4 Å². The Balaban J connectivity index is 1.59. The second kappa shape index (κ2) is 6.08. The van der Waals surface area contributed by atoms with Gasteiger partial charge >= 0.3 is 12.2 Å². The Hall–Kier alpha value is -2.83. The third-order valence-corrected chi connectivity index (χ3v) is 6.59. The molecule has 2 saturated heterocycles. The summed E-state index contributed by atoms with van der Waals surface area (Å²) in [6.07, 6.45) is -1.70. The zero-order valence-electron chi connectivity index (χ0n) is 15.5. The number of piperidine rings is 1. The zero-order chi connectivity index (χ0) is 20.4. The smallest absolute Gasteiger partial charge is 0.306 e. The Bertz CT molecular complexity index is 991. The number of alkyl halides is 3. The highest BCUT2D eigenvalue weighted by Gasteiger charge is 2.69. The minimum atomic E-state index is -4.54. The lowest BCUT2D eigenvalue weighted by Crippen LogP contribution is -2.55. The lowest BCUT2D eigenvalue weighted by Gasteiger charge is -2.38. The van der Waals surface area contributed by atoms with E-state index in [4.69, 9.17) is 0 Å². The predicted octanol–water partition coefficient (Wildman–Crippen LogP) is 4.64. The van der Waals surface area contributed by atoms with E-state index in [2.05, 4.69) is 0 Å². The van der Waals surface area contributed by atoms with E-state index in [0.717, 1.165) is 41.9 Å². The molecular formula is C22H19F3N2O2. The van der Waals surface area contributed by atoms with E-state index in [0.29, 0.717) is 6.42 Å². The maximum atomic E-state index is 13.7. The minimum absolute atomic E-state index is 0.0175. The van der Waals surface area contributed by atoms with Gasteiger partial charge in [0.05, 0.1) is 11.3 Å². The van der Waals surface area contributed by atoms with Crippen LogP contribution in [0.15, 0.2) is 54.6 Å². The summed E-state index contributed by atoms with van der Waals surface area (Å²) in [6, 6.07) is 13.4. The molecule has 7 heteroatoms. The number of urea groups is 1. The first-order chi connectivity index (χ1) is 13.8. The summed E-state index contributed by atoms with van der Waals surface area (Å²) in [5.41, 5.74) is -0.953. The van der Waals surface area contributed by atoms with Crippen LogP contribution in [0.1, 0.15) is 30.4 Å². The highest BCUT2D eigenvalue weighted by atomic mass is 19.4. The molecule has 150 valence electrons. The van der Waals surface area contributed by atoms with E-state index in [9.17, 15) is 22.8 Å². The first-order valence-electron chi connectivity index (χ1n) is 9.71. The summed E-state index contributed by atoms with van der Waals surface area (Å²) < 4.78 is 39.5. The van der Waals surface area contributed by atoms with E-state index < -0.39 is 29.2 Å². The molecule has 3 fully saturated rings. The molecule has 3 aliphatic rings. The fraction of sp³-hybridized carbons (Fsp3) is 0.364. The number of benzene rings is 2. The average Bonchev–Trinajstić information content (AvgIpc) is 3.34. The van der Waals surface area contributed by atoms with Gasteiger partial charge in [0, 0.05) is 12.5 Å². The second-order valence-electron chi connectivity index (χ2n) is 8.09. The molecular weight excluding hydrogens is 381 g/mol. The quantitative estimate of drug-likeness (QED) is 0.705. The molecule has 3 amide bonds. The van der Waals surface area contributed by atoms with Crippen molar-refractivity contribution in [2.45, 2.75) is 43.4 Å². The molecule has 2 aliphatic heterocycles. The van der Waals surface area contributed by atoms with Crippen molar-refractivity contribution < 1.29 is 22.8 Å². The van der Waals surface area contributed by atoms with Gasteiger partial charge in [0.1, 0.15) is 5.54 Å². The maximum absolute atomic E-state index is 13.7. The Labute approximate surface area is 165 Å². The van der Waals surface area contributed by atoms with Gasteiger partial charge < -0.3 is 4.90 Å². The Morgan fingerprint density at radius 2 is 1.76 bits per heavy atom. The molecule has 0 unspecified atom stereocenters. The third-order valence-electron chi connectivity index (χ3n) is 6.59. The summed E-state index contributed by atoms with van der Waals surface area (Å²) >= 11 is 0. The summed E-state index contributed by atoms with van der Waals surface area (Å²) in [7, 11) is 0. The van der Waals surface area contributed by atoms with Crippen molar-refractivity contribution in [3.8, 4) is 0 Å². The minimum Gasteiger partial charge on any atom is -0.306 e. The van der Waals surface area contributed by atoms with Crippen LogP contribution < -0.4 is 4.90 Å². The molecule has 2 aromatic carbocycles. The molecule has 2 aromatic rings. The van der Waals surface area contributed by atoms with Crippen LogP contribution in [0.4, 0.5) is 23.7 Å². The Morgan fingerprint density at radius 1 is 1.00 bits per heavy atom. The topological polar surface area (TPSA) is 40.6 Å². The van der Waals surface area contributed by atoms with Gasteiger partial charge in [-0.15, -0.1) is 0 Å². The molecule has 0 spiro atoms. The highest BCUT2D eigenvalue weighted by molar-refractivity contribution is 6.24. The van der Waals surface area contributed by atoms with E-state index in [1.165, 1.54) is 12.1 Å². The number of hydrogen-bond donors (Lipinski definition) is 0. The van der Waals surface area contributed by atoms with Crippen LogP contribution in [0.2, 0.25) is 0 Å². The lowest BCUT2D eigenvalue weighted by molar-refractivity contribution is -0.137. The number of hydrogen-bond acceptors (Lipinski definition) is 2. The normalized spacial score (nSPS) is 28.4. The van der Waals surface area contributed by atoms with Crippen molar-refractivity contribution in [3.05, 3.63) is 65.7 Å². The van der Waals surface area contributed by atoms with Gasteiger partial charge in [-0.25, -0.2) is 9.69 Å². The summed E-state index contributed by atoms with van der Waals surface area (Å²) in [5.74, 6) is -0.377. The van der Waals surface area contributed by atoms with E-state index in [1.54, 1.807) is 4.90 Å². The van der Waals surface area contributed by atoms with E-state index >= 15 is 0 Å². The van der Waals surface area contributed by atoms with Crippen LogP contribution >= 0.6 is 0 Å². The number of anilines is 1. The summed E-state index contributed by atoms with van der Waals surface area (Å²) in [4.78, 5) is 29.6. The molecule has 5 rings (SSSR count).